The van der Waals surface area contributed by atoms with Crippen molar-refractivity contribution in [3.63, 3.8) is 0 Å². The highest BCUT2D eigenvalue weighted by Gasteiger charge is 2.48. The maximum atomic E-state index is 10.8. The average Bonchev–Trinajstić information content (AvgIpc) is 2.18. The Morgan fingerprint density at radius 3 is 2.45 bits per heavy atom. The minimum absolute atomic E-state index is 0.0301. The van der Waals surface area contributed by atoms with Gasteiger partial charge in [0.05, 0.1) is 0 Å². The number of rotatable bonds is 1. The number of carboxylic acid groups (broad SMARTS) is 1. The first kappa shape index (κ1) is 8.00. The van der Waals surface area contributed by atoms with Gasteiger partial charge in [-0.3, -0.25) is 4.79 Å². The largest absolute Gasteiger partial charge is 0.478 e. The van der Waals surface area contributed by atoms with Gasteiger partial charge in [-0.1, -0.05) is 0 Å². The van der Waals surface area contributed by atoms with E-state index in [1.807, 2.05) is 0 Å². The van der Waals surface area contributed by atoms with Crippen molar-refractivity contribution in [1.82, 2.24) is 4.90 Å². The summed E-state index contributed by atoms with van der Waals surface area (Å²) in [4.78, 5) is 22.1. The highest BCUT2D eigenvalue weighted by atomic mass is 16.4. The molecule has 1 aliphatic heterocycles. The lowest BCUT2D eigenvalue weighted by molar-refractivity contribution is -0.177. The normalized spacial score (nSPS) is 31.1. The molecule has 11 heavy (non-hydrogen) atoms. The highest BCUT2D eigenvalue weighted by molar-refractivity contribution is 5.89. The van der Waals surface area contributed by atoms with Crippen LogP contribution in [-0.4, -0.2) is 39.8 Å². The summed E-state index contributed by atoms with van der Waals surface area (Å²) >= 11 is 0. The van der Waals surface area contributed by atoms with Crippen molar-refractivity contribution >= 4 is 11.9 Å². The summed E-state index contributed by atoms with van der Waals surface area (Å²) in [5.74, 6) is -1.71. The Labute approximate surface area is 63.2 Å². The number of amides is 1. The molecule has 1 heterocycles. The lowest BCUT2D eigenvalue weighted by Gasteiger charge is -2.25. The Balaban J connectivity index is 2.89. The predicted octanol–water partition coefficient (Wildman–Crippen LogP) is -0.988. The number of aliphatic carboxylic acids is 1. The Kier molecular flexibility index (Phi) is 1.60. The van der Waals surface area contributed by atoms with Gasteiger partial charge in [-0.2, -0.15) is 0 Å². The molecular formula is C6H9NO4. The molecular weight excluding hydrogens is 150 g/mol. The number of hydrogen-bond donors (Lipinski definition) is 2. The fourth-order valence-corrected chi connectivity index (χ4v) is 1.07. The molecule has 0 aromatic carbocycles. The van der Waals surface area contributed by atoms with E-state index in [2.05, 4.69) is 0 Å². The van der Waals surface area contributed by atoms with Gasteiger partial charge in [-0.15, -0.1) is 0 Å². The van der Waals surface area contributed by atoms with Crippen LogP contribution in [0.5, 0.6) is 0 Å². The van der Waals surface area contributed by atoms with Crippen molar-refractivity contribution in [2.75, 3.05) is 7.05 Å². The lowest BCUT2D eigenvalue weighted by atomic mass is 10.1. The molecule has 1 aliphatic rings. The van der Waals surface area contributed by atoms with E-state index in [0.717, 1.165) is 4.90 Å². The fraction of sp³-hybridized carbons (Fsp3) is 0.667. The summed E-state index contributed by atoms with van der Waals surface area (Å²) < 4.78 is 0. The van der Waals surface area contributed by atoms with Crippen LogP contribution in [0.4, 0.5) is 0 Å². The third-order valence-electron chi connectivity index (χ3n) is 1.96. The van der Waals surface area contributed by atoms with E-state index in [1.165, 1.54) is 7.05 Å². The third kappa shape index (κ3) is 0.970. The van der Waals surface area contributed by atoms with Gasteiger partial charge in [0, 0.05) is 19.9 Å². The van der Waals surface area contributed by atoms with E-state index in [0.29, 0.717) is 0 Å². The summed E-state index contributed by atoms with van der Waals surface area (Å²) in [5.41, 5.74) is -1.98. The second-order valence-electron chi connectivity index (χ2n) is 2.57. The zero-order chi connectivity index (χ0) is 8.65. The molecule has 0 saturated carbocycles. The smallest absolute Gasteiger partial charge is 0.357 e. The van der Waals surface area contributed by atoms with E-state index in [9.17, 15) is 14.7 Å². The maximum Gasteiger partial charge on any atom is 0.357 e. The number of hydrogen-bond acceptors (Lipinski definition) is 3. The van der Waals surface area contributed by atoms with Crippen molar-refractivity contribution in [3.05, 3.63) is 0 Å². The number of carbonyl (C=O) groups excluding carboxylic acids is 1. The van der Waals surface area contributed by atoms with Crippen LogP contribution in [0.15, 0.2) is 0 Å². The predicted molar refractivity (Wildman–Crippen MR) is 34.6 cm³/mol. The number of likely N-dealkylation sites (N-methyl/N-ethyl adjacent to an activating group) is 1. The number of nitrogens with zero attached hydrogens (tertiary/aromatic N) is 1. The van der Waals surface area contributed by atoms with Crippen LogP contribution in [0.25, 0.3) is 0 Å². The Hall–Kier alpha value is -1.10. The first-order valence-electron chi connectivity index (χ1n) is 3.21. The van der Waals surface area contributed by atoms with Crippen molar-refractivity contribution in [1.29, 1.82) is 0 Å². The molecule has 1 atom stereocenters. The minimum atomic E-state index is -1.98. The minimum Gasteiger partial charge on any atom is -0.478 e. The monoisotopic (exact) mass is 159 g/mol. The number of aliphatic hydroxyl groups is 1. The quantitative estimate of drug-likeness (QED) is 0.515. The van der Waals surface area contributed by atoms with Gasteiger partial charge >= 0.3 is 5.97 Å². The second-order valence-corrected chi connectivity index (χ2v) is 2.57. The molecule has 0 spiro atoms. The van der Waals surface area contributed by atoms with E-state index >= 15 is 0 Å². The summed E-state index contributed by atoms with van der Waals surface area (Å²) in [6.45, 7) is 0. The summed E-state index contributed by atoms with van der Waals surface area (Å²) in [6, 6.07) is 0. The van der Waals surface area contributed by atoms with Crippen LogP contribution in [0, 0.1) is 0 Å². The zero-order valence-electron chi connectivity index (χ0n) is 6.07. The maximum absolute atomic E-state index is 10.8. The standard InChI is InChI=1S/C6H9NO4/c1-7-4(8)2-3-6(7,11)5(9)10/h11H,2-3H2,1H3,(H,9,10). The van der Waals surface area contributed by atoms with E-state index in [-0.39, 0.29) is 18.7 Å². The van der Waals surface area contributed by atoms with Gasteiger partial charge in [0.1, 0.15) is 0 Å². The molecule has 5 heteroatoms. The molecule has 0 radical (unpaired) electrons. The Morgan fingerprint density at radius 1 is 1.73 bits per heavy atom. The number of carboxylic acids is 1. The van der Waals surface area contributed by atoms with Crippen LogP contribution in [0.1, 0.15) is 12.8 Å². The molecule has 0 aliphatic carbocycles. The highest BCUT2D eigenvalue weighted by Crippen LogP contribution is 2.25. The molecule has 0 aromatic heterocycles. The van der Waals surface area contributed by atoms with Crippen LogP contribution in [0.3, 0.4) is 0 Å². The van der Waals surface area contributed by atoms with E-state index < -0.39 is 11.7 Å². The molecule has 62 valence electrons. The SMILES string of the molecule is CN1C(=O)CCC1(O)C(=O)O. The number of likely N-dealkylation sites (tertiary alicyclic amines) is 1. The topological polar surface area (TPSA) is 77.8 Å². The van der Waals surface area contributed by atoms with Crippen molar-refractivity contribution in [3.8, 4) is 0 Å². The van der Waals surface area contributed by atoms with E-state index in [4.69, 9.17) is 5.11 Å². The molecule has 0 aromatic rings. The molecule has 1 unspecified atom stereocenters. The second kappa shape index (κ2) is 2.20. The van der Waals surface area contributed by atoms with Gasteiger partial charge in [0.2, 0.25) is 11.6 Å². The molecule has 2 N–H and O–H groups in total. The fourth-order valence-electron chi connectivity index (χ4n) is 1.07. The molecule has 5 nitrogen and oxygen atoms in total. The van der Waals surface area contributed by atoms with Crippen LogP contribution in [0.2, 0.25) is 0 Å². The molecule has 1 rings (SSSR count). The number of carbonyl (C=O) groups is 2. The van der Waals surface area contributed by atoms with Crippen molar-refractivity contribution in [2.45, 2.75) is 18.6 Å². The van der Waals surface area contributed by atoms with Gasteiger partial charge < -0.3 is 15.1 Å². The molecule has 1 saturated heterocycles. The third-order valence-corrected chi connectivity index (χ3v) is 1.96. The average molecular weight is 159 g/mol. The van der Waals surface area contributed by atoms with E-state index in [1.54, 1.807) is 0 Å². The van der Waals surface area contributed by atoms with Gasteiger partial charge in [0.15, 0.2) is 0 Å². The lowest BCUT2D eigenvalue weighted by Crippen LogP contribution is -2.49. The summed E-state index contributed by atoms with van der Waals surface area (Å²) in [6.07, 6.45) is 0.0664. The van der Waals surface area contributed by atoms with Gasteiger partial charge in [0.25, 0.3) is 0 Å². The van der Waals surface area contributed by atoms with Crippen LogP contribution in [-0.2, 0) is 9.59 Å². The molecule has 1 amide bonds. The van der Waals surface area contributed by atoms with Crippen molar-refractivity contribution in [2.24, 2.45) is 0 Å². The van der Waals surface area contributed by atoms with Gasteiger partial charge in [-0.25, -0.2) is 4.79 Å². The first-order chi connectivity index (χ1) is 4.98. The molecule has 0 bridgehead atoms. The Morgan fingerprint density at radius 2 is 2.27 bits per heavy atom. The summed E-state index contributed by atoms with van der Waals surface area (Å²) in [7, 11) is 1.28. The van der Waals surface area contributed by atoms with Crippen LogP contribution < -0.4 is 0 Å². The molecule has 1 fully saturated rings. The Bertz CT molecular complexity index is 215. The van der Waals surface area contributed by atoms with Crippen molar-refractivity contribution < 1.29 is 19.8 Å². The van der Waals surface area contributed by atoms with Gasteiger partial charge in [-0.05, 0) is 0 Å². The first-order valence-corrected chi connectivity index (χ1v) is 3.21. The summed E-state index contributed by atoms with van der Waals surface area (Å²) in [5, 5.41) is 17.8. The zero-order valence-corrected chi connectivity index (χ0v) is 6.07. The van der Waals surface area contributed by atoms with Crippen LogP contribution >= 0.6 is 0 Å².